The summed E-state index contributed by atoms with van der Waals surface area (Å²) in [6.45, 7) is 0.939. The Hall–Kier alpha value is -3.45. The maximum absolute atomic E-state index is 13.3. The van der Waals surface area contributed by atoms with Crippen LogP contribution in [0.3, 0.4) is 0 Å². The molecule has 0 bridgehead atoms. The van der Waals surface area contributed by atoms with Crippen molar-refractivity contribution in [3.05, 3.63) is 77.5 Å². The van der Waals surface area contributed by atoms with Gasteiger partial charge in [0.1, 0.15) is 5.58 Å². The van der Waals surface area contributed by atoms with Crippen molar-refractivity contribution in [2.75, 3.05) is 27.2 Å². The predicted molar refractivity (Wildman–Crippen MR) is 107 cm³/mol. The van der Waals surface area contributed by atoms with Gasteiger partial charge in [0.2, 0.25) is 5.78 Å². The lowest BCUT2D eigenvalue weighted by atomic mass is 9.96. The van der Waals surface area contributed by atoms with E-state index in [4.69, 9.17) is 4.42 Å². The largest absolute Gasteiger partial charge is 0.503 e. The molecule has 2 aromatic heterocycles. The van der Waals surface area contributed by atoms with E-state index < -0.39 is 23.5 Å². The van der Waals surface area contributed by atoms with Crippen LogP contribution in [0.4, 0.5) is 0 Å². The zero-order valence-corrected chi connectivity index (χ0v) is 16.2. The molecule has 1 unspecified atom stereocenters. The van der Waals surface area contributed by atoms with Crippen LogP contribution in [0.1, 0.15) is 22.2 Å². The Labute approximate surface area is 167 Å². The molecule has 3 aromatic rings. The van der Waals surface area contributed by atoms with E-state index in [1.165, 1.54) is 4.90 Å². The smallest absolute Gasteiger partial charge is 0.290 e. The number of furan rings is 1. The predicted octanol–water partition coefficient (Wildman–Crippen LogP) is 2.97. The number of para-hydroxylation sites is 1. The van der Waals surface area contributed by atoms with Crippen LogP contribution in [0.2, 0.25) is 0 Å². The van der Waals surface area contributed by atoms with Gasteiger partial charge in [-0.15, -0.1) is 0 Å². The van der Waals surface area contributed by atoms with Crippen molar-refractivity contribution in [3.8, 4) is 0 Å². The maximum Gasteiger partial charge on any atom is 0.290 e. The number of nitrogens with zero attached hydrogens (tertiary/aromatic N) is 3. The number of aliphatic hydroxyl groups excluding tert-OH is 1. The number of pyridine rings is 1. The molecule has 7 nitrogen and oxygen atoms in total. The van der Waals surface area contributed by atoms with Crippen molar-refractivity contribution in [2.24, 2.45) is 0 Å². The molecule has 1 N–H and O–H groups in total. The minimum atomic E-state index is -0.725. The molecule has 3 heterocycles. The van der Waals surface area contributed by atoms with Gasteiger partial charge in [0, 0.05) is 30.9 Å². The molecule has 29 heavy (non-hydrogen) atoms. The Morgan fingerprint density at radius 1 is 1.24 bits per heavy atom. The lowest BCUT2D eigenvalue weighted by Crippen LogP contribution is -2.36. The second-order valence-corrected chi connectivity index (χ2v) is 7.23. The number of hydrogen-bond acceptors (Lipinski definition) is 6. The first-order valence-electron chi connectivity index (χ1n) is 9.29. The molecule has 1 amide bonds. The van der Waals surface area contributed by atoms with Crippen LogP contribution >= 0.6 is 0 Å². The molecule has 4 rings (SSSR count). The summed E-state index contributed by atoms with van der Waals surface area (Å²) >= 11 is 0. The molecular formula is C22H21N3O4. The molecule has 0 spiro atoms. The Morgan fingerprint density at radius 3 is 2.72 bits per heavy atom. The van der Waals surface area contributed by atoms with Crippen molar-refractivity contribution in [3.63, 3.8) is 0 Å². The Balaban J connectivity index is 1.78. The van der Waals surface area contributed by atoms with Crippen molar-refractivity contribution in [1.82, 2.24) is 14.8 Å². The fourth-order valence-electron chi connectivity index (χ4n) is 3.53. The second kappa shape index (κ2) is 7.52. The summed E-state index contributed by atoms with van der Waals surface area (Å²) in [7, 11) is 3.79. The summed E-state index contributed by atoms with van der Waals surface area (Å²) in [5.74, 6) is -1.53. The standard InChI is InChI=1S/C22H21N3O4/c1-24(2)10-11-25-19(15-7-5-9-23-13-15)18(21(27)22(25)28)20(26)17-12-14-6-3-4-8-16(14)29-17/h3-9,12-13,19,27H,10-11H2,1-2H3. The number of Topliss-reactive ketones (excluding diaryl/α,β-unsaturated/α-hetero) is 1. The van der Waals surface area contributed by atoms with Crippen LogP contribution < -0.4 is 0 Å². The van der Waals surface area contributed by atoms with Gasteiger partial charge in [0.05, 0.1) is 11.6 Å². The highest BCUT2D eigenvalue weighted by atomic mass is 16.3. The van der Waals surface area contributed by atoms with Gasteiger partial charge in [-0.05, 0) is 37.9 Å². The van der Waals surface area contributed by atoms with E-state index in [2.05, 4.69) is 4.98 Å². The number of aromatic nitrogens is 1. The van der Waals surface area contributed by atoms with E-state index in [1.54, 1.807) is 36.7 Å². The molecule has 0 saturated carbocycles. The fourth-order valence-corrected chi connectivity index (χ4v) is 3.53. The SMILES string of the molecule is CN(C)CCN1C(=O)C(O)=C(C(=O)c2cc3ccccc3o2)C1c1cccnc1. The van der Waals surface area contributed by atoms with E-state index in [9.17, 15) is 14.7 Å². The summed E-state index contributed by atoms with van der Waals surface area (Å²) in [4.78, 5) is 33.7. The Morgan fingerprint density at radius 2 is 2.03 bits per heavy atom. The van der Waals surface area contributed by atoms with Gasteiger partial charge in [0.25, 0.3) is 5.91 Å². The highest BCUT2D eigenvalue weighted by Crippen LogP contribution is 2.39. The first-order chi connectivity index (χ1) is 14.0. The third-order valence-electron chi connectivity index (χ3n) is 4.99. The number of likely N-dealkylation sites (N-methyl/N-ethyl adjacent to an activating group) is 1. The molecule has 1 atom stereocenters. The minimum Gasteiger partial charge on any atom is -0.503 e. The van der Waals surface area contributed by atoms with Crippen LogP contribution in [-0.2, 0) is 4.79 Å². The highest BCUT2D eigenvalue weighted by Gasteiger charge is 2.44. The first-order valence-corrected chi connectivity index (χ1v) is 9.29. The summed E-state index contributed by atoms with van der Waals surface area (Å²) < 4.78 is 5.69. The molecule has 1 aliphatic rings. The summed E-state index contributed by atoms with van der Waals surface area (Å²) in [6.07, 6.45) is 3.22. The zero-order valence-electron chi connectivity index (χ0n) is 16.2. The van der Waals surface area contributed by atoms with Gasteiger partial charge < -0.3 is 19.3 Å². The number of fused-ring (bicyclic) bond motifs is 1. The monoisotopic (exact) mass is 391 g/mol. The molecule has 7 heteroatoms. The molecule has 0 saturated heterocycles. The van der Waals surface area contributed by atoms with E-state index in [-0.39, 0.29) is 11.3 Å². The van der Waals surface area contributed by atoms with E-state index in [1.807, 2.05) is 37.2 Å². The molecule has 1 aromatic carbocycles. The van der Waals surface area contributed by atoms with Crippen molar-refractivity contribution in [2.45, 2.75) is 6.04 Å². The lowest BCUT2D eigenvalue weighted by molar-refractivity contribution is -0.129. The molecule has 0 aliphatic carbocycles. The van der Waals surface area contributed by atoms with Crippen LogP contribution in [0.5, 0.6) is 0 Å². The molecule has 0 radical (unpaired) electrons. The van der Waals surface area contributed by atoms with Crippen molar-refractivity contribution < 1.29 is 19.1 Å². The van der Waals surface area contributed by atoms with Gasteiger partial charge in [-0.2, -0.15) is 0 Å². The van der Waals surface area contributed by atoms with Crippen molar-refractivity contribution in [1.29, 1.82) is 0 Å². The molecule has 148 valence electrons. The maximum atomic E-state index is 13.3. The molecule has 1 aliphatic heterocycles. The number of hydrogen-bond donors (Lipinski definition) is 1. The lowest BCUT2D eigenvalue weighted by Gasteiger charge is -2.27. The summed E-state index contributed by atoms with van der Waals surface area (Å²) in [5, 5.41) is 11.4. The van der Waals surface area contributed by atoms with Gasteiger partial charge in [-0.3, -0.25) is 14.6 Å². The third-order valence-corrected chi connectivity index (χ3v) is 4.99. The second-order valence-electron chi connectivity index (χ2n) is 7.23. The first kappa shape index (κ1) is 18.9. The average molecular weight is 391 g/mol. The van der Waals surface area contributed by atoms with Crippen LogP contribution in [-0.4, -0.2) is 58.8 Å². The van der Waals surface area contributed by atoms with Crippen LogP contribution in [0.25, 0.3) is 11.0 Å². The Kier molecular flexibility index (Phi) is 4.90. The topological polar surface area (TPSA) is 86.9 Å². The minimum absolute atomic E-state index is 0.0146. The summed E-state index contributed by atoms with van der Waals surface area (Å²) in [5.41, 5.74) is 1.24. The van der Waals surface area contributed by atoms with Gasteiger partial charge in [-0.1, -0.05) is 24.3 Å². The van der Waals surface area contributed by atoms with Crippen molar-refractivity contribution >= 4 is 22.7 Å². The number of rotatable bonds is 6. The summed E-state index contributed by atoms with van der Waals surface area (Å²) in [6, 6.07) is 11.7. The highest BCUT2D eigenvalue weighted by molar-refractivity contribution is 6.15. The fraction of sp³-hybridized carbons (Fsp3) is 0.227. The molecule has 0 fully saturated rings. The number of ketones is 1. The zero-order chi connectivity index (χ0) is 20.5. The number of carbonyl (C=O) groups excluding carboxylic acids is 2. The van der Waals surface area contributed by atoms with Gasteiger partial charge >= 0.3 is 0 Å². The number of amides is 1. The average Bonchev–Trinajstić information content (AvgIpc) is 3.26. The quantitative estimate of drug-likeness (QED) is 0.650. The Bertz CT molecular complexity index is 1070. The number of aliphatic hydroxyl groups is 1. The number of carbonyl (C=O) groups is 2. The van der Waals surface area contributed by atoms with E-state index in [0.29, 0.717) is 24.2 Å². The third kappa shape index (κ3) is 3.40. The van der Waals surface area contributed by atoms with Crippen LogP contribution in [0, 0.1) is 0 Å². The van der Waals surface area contributed by atoms with E-state index in [0.717, 1.165) is 5.39 Å². The van der Waals surface area contributed by atoms with E-state index >= 15 is 0 Å². The van der Waals surface area contributed by atoms with Gasteiger partial charge in [-0.25, -0.2) is 0 Å². The van der Waals surface area contributed by atoms with Crippen LogP contribution in [0.15, 0.2) is 70.6 Å². The van der Waals surface area contributed by atoms with Gasteiger partial charge in [0.15, 0.2) is 11.5 Å². The number of benzene rings is 1. The molecular weight excluding hydrogens is 370 g/mol. The normalized spacial score (nSPS) is 17.0.